The minimum absolute atomic E-state index is 0.197. The number of hydrogen-bond donors (Lipinski definition) is 1. The molecule has 0 atom stereocenters. The molecule has 5 heteroatoms. The lowest BCUT2D eigenvalue weighted by atomic mass is 10.3. The zero-order chi connectivity index (χ0) is 10.4. The van der Waals surface area contributed by atoms with Crippen LogP contribution in [0.3, 0.4) is 0 Å². The molecule has 1 saturated carbocycles. The van der Waals surface area contributed by atoms with Gasteiger partial charge in [-0.2, -0.15) is 0 Å². The van der Waals surface area contributed by atoms with Crippen LogP contribution in [0.2, 0.25) is 0 Å². The Morgan fingerprint density at radius 2 is 2.27 bits per heavy atom. The largest absolute Gasteiger partial charge is 0.313 e. The molecule has 0 unspecified atom stereocenters. The first-order chi connectivity index (χ1) is 7.24. The van der Waals surface area contributed by atoms with E-state index in [-0.39, 0.29) is 5.82 Å². The Kier molecular flexibility index (Phi) is 2.39. The number of nitrogens with zero attached hydrogens (tertiary/aromatic N) is 1. The summed E-state index contributed by atoms with van der Waals surface area (Å²) in [4.78, 5) is 5.44. The third kappa shape index (κ3) is 1.87. The van der Waals surface area contributed by atoms with Crippen LogP contribution in [0, 0.1) is 15.3 Å². The molecule has 0 spiro atoms. The maximum Gasteiger partial charge on any atom is 0.125 e. The molecule has 3 rings (SSSR count). The van der Waals surface area contributed by atoms with Crippen molar-refractivity contribution < 1.29 is 4.39 Å². The number of hydrogen-bond acceptors (Lipinski definition) is 3. The molecule has 2 aliphatic rings. The summed E-state index contributed by atoms with van der Waals surface area (Å²) < 4.78 is 17.2. The van der Waals surface area contributed by atoms with Crippen LogP contribution in [-0.2, 0) is 0 Å². The van der Waals surface area contributed by atoms with E-state index >= 15 is 0 Å². The van der Waals surface area contributed by atoms with Crippen molar-refractivity contribution >= 4 is 46.1 Å². The van der Waals surface area contributed by atoms with E-state index in [0.29, 0.717) is 5.92 Å². The Bertz CT molecular complexity index is 457. The van der Waals surface area contributed by atoms with E-state index in [0.717, 1.165) is 20.0 Å². The van der Waals surface area contributed by atoms with E-state index in [9.17, 15) is 4.39 Å². The minimum atomic E-state index is -0.197. The van der Waals surface area contributed by atoms with Gasteiger partial charge in [-0.25, -0.2) is 9.38 Å². The molecule has 15 heavy (non-hydrogen) atoms. The van der Waals surface area contributed by atoms with Crippen molar-refractivity contribution in [2.75, 3.05) is 0 Å². The maximum absolute atomic E-state index is 13.1. The number of benzene rings is 1. The van der Waals surface area contributed by atoms with E-state index in [1.165, 1.54) is 36.9 Å². The zero-order valence-electron chi connectivity index (χ0n) is 7.76. The third-order valence-electron chi connectivity index (χ3n) is 2.46. The predicted molar refractivity (Wildman–Crippen MR) is 67.9 cm³/mol. The fraction of sp³-hybridized carbons (Fsp3) is 0.300. The van der Waals surface area contributed by atoms with E-state index < -0.39 is 0 Å². The lowest BCUT2D eigenvalue weighted by Crippen LogP contribution is -2.20. The molecule has 1 fully saturated rings. The molecule has 0 amide bonds. The van der Waals surface area contributed by atoms with Gasteiger partial charge in [0.1, 0.15) is 11.7 Å². The van der Waals surface area contributed by atoms with E-state index in [1.54, 1.807) is 0 Å². The molecule has 1 heterocycles. The van der Waals surface area contributed by atoms with Gasteiger partial charge in [0.2, 0.25) is 0 Å². The molecule has 1 aromatic carbocycles. The summed E-state index contributed by atoms with van der Waals surface area (Å²) >= 11 is 3.60. The molecule has 0 radical (unpaired) electrons. The number of halogens is 2. The highest BCUT2D eigenvalue weighted by atomic mass is 127. The molecule has 0 bridgehead atoms. The maximum atomic E-state index is 13.1. The molecule has 1 aromatic rings. The molecule has 0 aromatic heterocycles. The number of nitrogens with one attached hydrogen (secondary N) is 1. The van der Waals surface area contributed by atoms with Crippen LogP contribution in [0.1, 0.15) is 12.8 Å². The molecule has 1 N–H and O–H groups in total. The average Bonchev–Trinajstić information content (AvgIpc) is 3.00. The number of aliphatic imine (C=N–C) groups is 1. The van der Waals surface area contributed by atoms with Gasteiger partial charge in [-0.3, -0.25) is 0 Å². The van der Waals surface area contributed by atoms with Gasteiger partial charge in [-0.1, -0.05) is 0 Å². The smallest absolute Gasteiger partial charge is 0.125 e. The lowest BCUT2D eigenvalue weighted by Gasteiger charge is -2.17. The summed E-state index contributed by atoms with van der Waals surface area (Å²) in [6.45, 7) is 0. The molecule has 1 aliphatic heterocycles. The lowest BCUT2D eigenvalue weighted by molar-refractivity contribution is 0.623. The van der Waals surface area contributed by atoms with Crippen LogP contribution in [0.25, 0.3) is 0 Å². The number of amidine groups is 1. The predicted octanol–water partition coefficient (Wildman–Crippen LogP) is 3.48. The van der Waals surface area contributed by atoms with Crippen LogP contribution < -0.4 is 4.72 Å². The van der Waals surface area contributed by atoms with Gasteiger partial charge in [-0.05, 0) is 59.5 Å². The quantitative estimate of drug-likeness (QED) is 0.628. The summed E-state index contributed by atoms with van der Waals surface area (Å²) in [5.41, 5.74) is 0.919. The second kappa shape index (κ2) is 3.62. The average molecular weight is 334 g/mol. The zero-order valence-corrected chi connectivity index (χ0v) is 10.7. The first-order valence-electron chi connectivity index (χ1n) is 4.74. The van der Waals surface area contributed by atoms with Crippen molar-refractivity contribution in [3.8, 4) is 0 Å². The van der Waals surface area contributed by atoms with Gasteiger partial charge in [-0.15, -0.1) is 0 Å². The number of rotatable bonds is 1. The van der Waals surface area contributed by atoms with Crippen molar-refractivity contribution in [2.24, 2.45) is 10.9 Å². The highest BCUT2D eigenvalue weighted by Crippen LogP contribution is 2.40. The summed E-state index contributed by atoms with van der Waals surface area (Å²) in [6, 6.07) is 3.06. The summed E-state index contributed by atoms with van der Waals surface area (Å²) in [5, 5.41) is 0. The third-order valence-corrected chi connectivity index (χ3v) is 4.12. The summed E-state index contributed by atoms with van der Waals surface area (Å²) in [7, 11) is 0. The molecular formula is C10H8FIN2S. The van der Waals surface area contributed by atoms with Gasteiger partial charge >= 0.3 is 0 Å². The van der Waals surface area contributed by atoms with Crippen LogP contribution in [0.15, 0.2) is 22.0 Å². The molecule has 0 saturated heterocycles. The fourth-order valence-corrected chi connectivity index (χ4v) is 3.25. The highest BCUT2D eigenvalue weighted by molar-refractivity contribution is 14.1. The summed E-state index contributed by atoms with van der Waals surface area (Å²) in [6.07, 6.45) is 2.44. The van der Waals surface area contributed by atoms with Gasteiger partial charge < -0.3 is 4.72 Å². The van der Waals surface area contributed by atoms with Gasteiger partial charge in [0, 0.05) is 9.49 Å². The Labute approximate surface area is 105 Å². The van der Waals surface area contributed by atoms with Crippen molar-refractivity contribution in [1.82, 2.24) is 4.72 Å². The van der Waals surface area contributed by atoms with Crippen LogP contribution in [0.4, 0.5) is 10.1 Å². The second-order valence-electron chi connectivity index (χ2n) is 3.71. The van der Waals surface area contributed by atoms with Crippen molar-refractivity contribution in [3.05, 3.63) is 21.5 Å². The van der Waals surface area contributed by atoms with Crippen LogP contribution >= 0.6 is 34.5 Å². The van der Waals surface area contributed by atoms with E-state index in [2.05, 4.69) is 32.3 Å². The molecular weight excluding hydrogens is 326 g/mol. The van der Waals surface area contributed by atoms with Crippen LogP contribution in [0.5, 0.6) is 0 Å². The van der Waals surface area contributed by atoms with E-state index in [1.807, 2.05) is 0 Å². The first-order valence-corrected chi connectivity index (χ1v) is 6.64. The Morgan fingerprint density at radius 3 is 3.00 bits per heavy atom. The number of fused-ring (bicyclic) bond motifs is 1. The van der Waals surface area contributed by atoms with Gasteiger partial charge in [0.15, 0.2) is 0 Å². The first kappa shape index (κ1) is 9.89. The fourth-order valence-electron chi connectivity index (χ4n) is 1.51. The van der Waals surface area contributed by atoms with Gasteiger partial charge in [0.25, 0.3) is 0 Å². The Hall–Kier alpha value is -0.300. The normalized spacial score (nSPS) is 19.2. The summed E-state index contributed by atoms with van der Waals surface area (Å²) in [5.74, 6) is 1.46. The topological polar surface area (TPSA) is 24.4 Å². The molecule has 2 nitrogen and oxygen atoms in total. The molecule has 78 valence electrons. The Balaban J connectivity index is 2.08. The highest BCUT2D eigenvalue weighted by Gasteiger charge is 2.30. The monoisotopic (exact) mass is 334 g/mol. The molecule has 1 aliphatic carbocycles. The standard InChI is InChI=1S/C10H8FIN2S/c11-6-3-7(12)9-8(4-6)15-14-10(13-9)5-1-2-5/h3-5H,1-2H2,(H,13,14). The van der Waals surface area contributed by atoms with Crippen molar-refractivity contribution in [2.45, 2.75) is 17.7 Å². The minimum Gasteiger partial charge on any atom is -0.313 e. The van der Waals surface area contributed by atoms with Crippen molar-refractivity contribution in [1.29, 1.82) is 0 Å². The van der Waals surface area contributed by atoms with Crippen molar-refractivity contribution in [3.63, 3.8) is 0 Å². The van der Waals surface area contributed by atoms with E-state index in [4.69, 9.17) is 0 Å². The van der Waals surface area contributed by atoms with Gasteiger partial charge in [0.05, 0.1) is 10.6 Å². The SMILES string of the molecule is Fc1cc(I)c2c(c1)SNC(C1CC1)=N2. The van der Waals surface area contributed by atoms with Crippen LogP contribution in [-0.4, -0.2) is 5.84 Å². The second-order valence-corrected chi connectivity index (χ2v) is 5.72. The Morgan fingerprint density at radius 1 is 1.47 bits per heavy atom.